The van der Waals surface area contributed by atoms with E-state index in [4.69, 9.17) is 0 Å². The zero-order chi connectivity index (χ0) is 9.69. The van der Waals surface area contributed by atoms with Crippen LogP contribution in [0.1, 0.15) is 40.5 Å². The highest BCUT2D eigenvalue weighted by Gasteiger charge is 2.66. The Hall–Kier alpha value is -0.0400. The lowest BCUT2D eigenvalue weighted by Gasteiger charge is -2.24. The highest BCUT2D eigenvalue weighted by atomic mass is 14.9. The second-order valence-corrected chi connectivity index (χ2v) is 6.03. The van der Waals surface area contributed by atoms with Crippen molar-refractivity contribution in [2.45, 2.75) is 40.5 Å². The molecule has 1 aliphatic heterocycles. The van der Waals surface area contributed by atoms with Gasteiger partial charge in [-0.05, 0) is 48.6 Å². The molecular weight excluding hydrogens is 158 g/mol. The average Bonchev–Trinajstić information content (AvgIpc) is 2.44. The summed E-state index contributed by atoms with van der Waals surface area (Å²) < 4.78 is 0. The Kier molecular flexibility index (Phi) is 1.99. The van der Waals surface area contributed by atoms with Crippen molar-refractivity contribution in [2.75, 3.05) is 13.1 Å². The monoisotopic (exact) mass is 181 g/mol. The van der Waals surface area contributed by atoms with Crippen LogP contribution in [-0.2, 0) is 0 Å². The largest absolute Gasteiger partial charge is 0.316 e. The molecule has 2 aliphatic rings. The van der Waals surface area contributed by atoms with E-state index in [1.54, 1.807) is 0 Å². The smallest absolute Gasteiger partial charge is 0.00174 e. The van der Waals surface area contributed by atoms with E-state index in [0.29, 0.717) is 10.8 Å². The fourth-order valence-electron chi connectivity index (χ4n) is 3.59. The third kappa shape index (κ3) is 1.24. The summed E-state index contributed by atoms with van der Waals surface area (Å²) in [5.74, 6) is 1.89. The summed E-state index contributed by atoms with van der Waals surface area (Å²) in [6, 6.07) is 0. The van der Waals surface area contributed by atoms with Crippen LogP contribution in [0.5, 0.6) is 0 Å². The highest BCUT2D eigenvalue weighted by Crippen LogP contribution is 2.71. The summed E-state index contributed by atoms with van der Waals surface area (Å²) in [5, 5.41) is 3.53. The molecule has 1 atom stereocenters. The highest BCUT2D eigenvalue weighted by molar-refractivity contribution is 5.14. The van der Waals surface area contributed by atoms with Crippen molar-refractivity contribution in [3.8, 4) is 0 Å². The fraction of sp³-hybridized carbons (Fsp3) is 1.00. The van der Waals surface area contributed by atoms with Crippen LogP contribution >= 0.6 is 0 Å². The summed E-state index contributed by atoms with van der Waals surface area (Å²) in [6.07, 6.45) is 2.83. The molecule has 1 heteroatoms. The van der Waals surface area contributed by atoms with E-state index in [9.17, 15) is 0 Å². The van der Waals surface area contributed by atoms with Crippen molar-refractivity contribution in [1.82, 2.24) is 5.32 Å². The molecule has 0 bridgehead atoms. The van der Waals surface area contributed by atoms with Crippen LogP contribution in [0.2, 0.25) is 0 Å². The average molecular weight is 181 g/mol. The van der Waals surface area contributed by atoms with Crippen molar-refractivity contribution in [3.63, 3.8) is 0 Å². The van der Waals surface area contributed by atoms with Crippen molar-refractivity contribution < 1.29 is 0 Å². The predicted octanol–water partition coefficient (Wildman–Crippen LogP) is 2.67. The molecule has 1 aliphatic carbocycles. The number of nitrogens with one attached hydrogen (secondary N) is 1. The van der Waals surface area contributed by atoms with Gasteiger partial charge in [-0.1, -0.05) is 27.7 Å². The molecule has 1 unspecified atom stereocenters. The van der Waals surface area contributed by atoms with Gasteiger partial charge in [0.05, 0.1) is 0 Å². The Morgan fingerprint density at radius 3 is 2.08 bits per heavy atom. The molecular formula is C12H23N. The first kappa shape index (κ1) is 9.51. The number of rotatable bonds is 1. The number of hydrogen-bond donors (Lipinski definition) is 1. The minimum atomic E-state index is 0.580. The van der Waals surface area contributed by atoms with Gasteiger partial charge in [-0.25, -0.2) is 0 Å². The van der Waals surface area contributed by atoms with Gasteiger partial charge in [-0.15, -0.1) is 0 Å². The Morgan fingerprint density at radius 2 is 1.69 bits per heavy atom. The third-order valence-corrected chi connectivity index (χ3v) is 4.94. The first-order valence-electron chi connectivity index (χ1n) is 5.68. The quantitative estimate of drug-likeness (QED) is 0.656. The molecule has 1 saturated carbocycles. The Bertz CT molecular complexity index is 185. The van der Waals surface area contributed by atoms with E-state index < -0.39 is 0 Å². The minimum Gasteiger partial charge on any atom is -0.316 e. The molecule has 13 heavy (non-hydrogen) atoms. The van der Waals surface area contributed by atoms with Gasteiger partial charge in [0.2, 0.25) is 0 Å². The van der Waals surface area contributed by atoms with E-state index in [2.05, 4.69) is 33.0 Å². The van der Waals surface area contributed by atoms with Gasteiger partial charge in [0.25, 0.3) is 0 Å². The fourth-order valence-corrected chi connectivity index (χ4v) is 3.59. The Balaban J connectivity index is 2.03. The third-order valence-electron chi connectivity index (χ3n) is 4.94. The van der Waals surface area contributed by atoms with Gasteiger partial charge in [0, 0.05) is 0 Å². The summed E-state index contributed by atoms with van der Waals surface area (Å²) in [6.45, 7) is 12.2. The molecule has 2 rings (SSSR count). The summed E-state index contributed by atoms with van der Waals surface area (Å²) in [4.78, 5) is 0. The van der Waals surface area contributed by atoms with Crippen LogP contribution in [0.25, 0.3) is 0 Å². The zero-order valence-corrected chi connectivity index (χ0v) is 9.48. The van der Waals surface area contributed by atoms with E-state index >= 15 is 0 Å². The topological polar surface area (TPSA) is 12.0 Å². The van der Waals surface area contributed by atoms with E-state index in [1.807, 2.05) is 0 Å². The Morgan fingerprint density at radius 1 is 1.08 bits per heavy atom. The SMILES string of the molecule is CC1(C)C(C2CCCNC2)C1(C)C. The first-order valence-corrected chi connectivity index (χ1v) is 5.68. The lowest BCUT2D eigenvalue weighted by molar-refractivity contribution is 0.298. The van der Waals surface area contributed by atoms with E-state index in [-0.39, 0.29) is 0 Å². The van der Waals surface area contributed by atoms with Gasteiger partial charge >= 0.3 is 0 Å². The molecule has 2 fully saturated rings. The maximum atomic E-state index is 3.53. The molecule has 1 heterocycles. The van der Waals surface area contributed by atoms with E-state index in [1.165, 1.54) is 25.9 Å². The molecule has 1 saturated heterocycles. The Labute approximate surface area is 82.3 Å². The summed E-state index contributed by atoms with van der Waals surface area (Å²) >= 11 is 0. The van der Waals surface area contributed by atoms with Gasteiger partial charge < -0.3 is 5.32 Å². The van der Waals surface area contributed by atoms with Crippen molar-refractivity contribution >= 4 is 0 Å². The molecule has 1 nitrogen and oxygen atoms in total. The van der Waals surface area contributed by atoms with Crippen molar-refractivity contribution in [1.29, 1.82) is 0 Å². The lowest BCUT2D eigenvalue weighted by Crippen LogP contribution is -2.32. The number of piperidine rings is 1. The minimum absolute atomic E-state index is 0.580. The van der Waals surface area contributed by atoms with Crippen molar-refractivity contribution in [2.24, 2.45) is 22.7 Å². The van der Waals surface area contributed by atoms with Crippen LogP contribution in [0.3, 0.4) is 0 Å². The second kappa shape index (κ2) is 2.73. The van der Waals surface area contributed by atoms with E-state index in [0.717, 1.165) is 11.8 Å². The van der Waals surface area contributed by atoms with Gasteiger partial charge in [0.15, 0.2) is 0 Å². The van der Waals surface area contributed by atoms with Crippen molar-refractivity contribution in [3.05, 3.63) is 0 Å². The molecule has 76 valence electrons. The molecule has 0 aromatic heterocycles. The molecule has 0 aromatic carbocycles. The normalized spacial score (nSPS) is 37.4. The first-order chi connectivity index (χ1) is 5.98. The van der Waals surface area contributed by atoms with Gasteiger partial charge in [-0.2, -0.15) is 0 Å². The lowest BCUT2D eigenvalue weighted by atomic mass is 9.89. The van der Waals surface area contributed by atoms with Crippen LogP contribution < -0.4 is 5.32 Å². The van der Waals surface area contributed by atoms with Crippen LogP contribution in [0.15, 0.2) is 0 Å². The molecule has 0 amide bonds. The second-order valence-electron chi connectivity index (χ2n) is 6.03. The standard InChI is InChI=1S/C12H23N/c1-11(2)10(12(11,3)4)9-6-5-7-13-8-9/h9-10,13H,5-8H2,1-4H3. The molecule has 0 radical (unpaired) electrons. The van der Waals surface area contributed by atoms with Crippen LogP contribution in [0.4, 0.5) is 0 Å². The summed E-state index contributed by atoms with van der Waals surface area (Å²) in [5.41, 5.74) is 1.16. The van der Waals surface area contributed by atoms with Gasteiger partial charge in [0.1, 0.15) is 0 Å². The molecule has 0 spiro atoms. The predicted molar refractivity (Wildman–Crippen MR) is 56.6 cm³/mol. The molecule has 1 N–H and O–H groups in total. The zero-order valence-electron chi connectivity index (χ0n) is 9.48. The molecule has 0 aromatic rings. The maximum absolute atomic E-state index is 3.53. The van der Waals surface area contributed by atoms with Crippen LogP contribution in [0, 0.1) is 22.7 Å². The maximum Gasteiger partial charge on any atom is -0.00174 e. The van der Waals surface area contributed by atoms with Gasteiger partial charge in [-0.3, -0.25) is 0 Å². The van der Waals surface area contributed by atoms with Crippen LogP contribution in [-0.4, -0.2) is 13.1 Å². The summed E-state index contributed by atoms with van der Waals surface area (Å²) in [7, 11) is 0. The number of hydrogen-bond acceptors (Lipinski definition) is 1.